The van der Waals surface area contributed by atoms with Crippen LogP contribution in [0.4, 0.5) is 0 Å². The van der Waals surface area contributed by atoms with Gasteiger partial charge in [-0.15, -0.1) is 0 Å². The average molecular weight is 263 g/mol. The zero-order valence-electron chi connectivity index (χ0n) is 12.3. The minimum atomic E-state index is 0.0584. The number of aryl methyl sites for hydroxylation is 1. The zero-order valence-corrected chi connectivity index (χ0v) is 12.3. The highest BCUT2D eigenvalue weighted by atomic mass is 16.5. The number of hydrogen-bond donors (Lipinski definition) is 1. The van der Waals surface area contributed by atoms with Gasteiger partial charge in [0.15, 0.2) is 11.5 Å². The Kier molecular flexibility index (Phi) is 4.35. The van der Waals surface area contributed by atoms with Crippen molar-refractivity contribution in [3.8, 4) is 11.5 Å². The highest BCUT2D eigenvalue weighted by molar-refractivity contribution is 5.53. The van der Waals surface area contributed by atoms with Crippen molar-refractivity contribution in [2.75, 3.05) is 20.8 Å². The van der Waals surface area contributed by atoms with Crippen molar-refractivity contribution < 1.29 is 9.47 Å². The summed E-state index contributed by atoms with van der Waals surface area (Å²) in [5.41, 5.74) is 8.63. The van der Waals surface area contributed by atoms with E-state index in [4.69, 9.17) is 15.2 Å². The third-order valence-electron chi connectivity index (χ3n) is 4.40. The van der Waals surface area contributed by atoms with E-state index in [2.05, 4.69) is 13.0 Å². The van der Waals surface area contributed by atoms with Crippen LogP contribution in [-0.2, 0) is 5.41 Å². The Labute approximate surface area is 116 Å². The Bertz CT molecular complexity index is 437. The van der Waals surface area contributed by atoms with Gasteiger partial charge in [-0.05, 0) is 31.4 Å². The molecule has 0 radical (unpaired) electrons. The molecule has 0 saturated heterocycles. The Balaban J connectivity index is 2.55. The van der Waals surface area contributed by atoms with Crippen LogP contribution < -0.4 is 15.2 Å². The van der Waals surface area contributed by atoms with Gasteiger partial charge in [-0.1, -0.05) is 25.3 Å². The fourth-order valence-electron chi connectivity index (χ4n) is 3.31. The van der Waals surface area contributed by atoms with E-state index >= 15 is 0 Å². The fourth-order valence-corrected chi connectivity index (χ4v) is 3.31. The second kappa shape index (κ2) is 5.83. The normalized spacial score (nSPS) is 18.1. The van der Waals surface area contributed by atoms with Crippen LogP contribution in [0.2, 0.25) is 0 Å². The molecule has 0 unspecified atom stereocenters. The highest BCUT2D eigenvalue weighted by Crippen LogP contribution is 2.46. The van der Waals surface area contributed by atoms with E-state index < -0.39 is 0 Å². The number of benzene rings is 1. The van der Waals surface area contributed by atoms with Crippen molar-refractivity contribution in [3.63, 3.8) is 0 Å². The predicted molar refractivity (Wildman–Crippen MR) is 78.1 cm³/mol. The lowest BCUT2D eigenvalue weighted by Gasteiger charge is -2.38. The molecular formula is C16H25NO2. The van der Waals surface area contributed by atoms with Crippen LogP contribution in [0.3, 0.4) is 0 Å². The van der Waals surface area contributed by atoms with Crippen molar-refractivity contribution in [2.45, 2.75) is 44.4 Å². The Morgan fingerprint density at radius 2 is 1.79 bits per heavy atom. The lowest BCUT2D eigenvalue weighted by atomic mass is 9.69. The molecule has 1 aromatic carbocycles. The van der Waals surface area contributed by atoms with Gasteiger partial charge < -0.3 is 15.2 Å². The summed E-state index contributed by atoms with van der Waals surface area (Å²) in [6.07, 6.45) is 6.10. The first kappa shape index (κ1) is 14.2. The van der Waals surface area contributed by atoms with Gasteiger partial charge in [0, 0.05) is 17.5 Å². The molecule has 2 rings (SSSR count). The quantitative estimate of drug-likeness (QED) is 0.907. The molecule has 0 aromatic heterocycles. The van der Waals surface area contributed by atoms with E-state index in [1.165, 1.54) is 30.4 Å². The number of hydrogen-bond acceptors (Lipinski definition) is 3. The second-order valence-electron chi connectivity index (χ2n) is 5.59. The van der Waals surface area contributed by atoms with E-state index in [9.17, 15) is 0 Å². The molecule has 1 aliphatic carbocycles. The molecule has 2 N–H and O–H groups in total. The van der Waals surface area contributed by atoms with Crippen LogP contribution in [0, 0.1) is 6.92 Å². The maximum atomic E-state index is 6.14. The fraction of sp³-hybridized carbons (Fsp3) is 0.625. The molecule has 0 amide bonds. The minimum Gasteiger partial charge on any atom is -0.493 e. The van der Waals surface area contributed by atoms with Gasteiger partial charge in [-0.2, -0.15) is 0 Å². The Morgan fingerprint density at radius 3 is 2.32 bits per heavy atom. The first-order valence-corrected chi connectivity index (χ1v) is 7.10. The van der Waals surface area contributed by atoms with Crippen LogP contribution in [0.1, 0.15) is 43.2 Å². The molecule has 0 atom stereocenters. The van der Waals surface area contributed by atoms with Gasteiger partial charge in [0.1, 0.15) is 0 Å². The van der Waals surface area contributed by atoms with Crippen LogP contribution in [-0.4, -0.2) is 20.8 Å². The molecule has 1 saturated carbocycles. The minimum absolute atomic E-state index is 0.0584. The number of ether oxygens (including phenoxy) is 2. The summed E-state index contributed by atoms with van der Waals surface area (Å²) >= 11 is 0. The summed E-state index contributed by atoms with van der Waals surface area (Å²) in [6.45, 7) is 2.77. The molecule has 1 aliphatic rings. The largest absolute Gasteiger partial charge is 0.493 e. The standard InChI is InChI=1S/C16H25NO2/c1-12-9-13(15(19-3)14(10-12)18-2)16(11-17)7-5-4-6-8-16/h9-10H,4-8,11,17H2,1-3H3. The molecule has 106 valence electrons. The number of methoxy groups -OCH3 is 2. The molecule has 0 heterocycles. The van der Waals surface area contributed by atoms with Gasteiger partial charge in [-0.25, -0.2) is 0 Å². The van der Waals surface area contributed by atoms with Crippen LogP contribution in [0.25, 0.3) is 0 Å². The van der Waals surface area contributed by atoms with Crippen molar-refractivity contribution in [2.24, 2.45) is 5.73 Å². The van der Waals surface area contributed by atoms with Gasteiger partial charge in [-0.3, -0.25) is 0 Å². The first-order valence-electron chi connectivity index (χ1n) is 7.10. The maximum absolute atomic E-state index is 6.14. The van der Waals surface area contributed by atoms with E-state index in [0.29, 0.717) is 6.54 Å². The van der Waals surface area contributed by atoms with Crippen molar-refractivity contribution in [3.05, 3.63) is 23.3 Å². The van der Waals surface area contributed by atoms with E-state index in [1.807, 2.05) is 6.07 Å². The third-order valence-corrected chi connectivity index (χ3v) is 4.40. The predicted octanol–water partition coefficient (Wildman–Crippen LogP) is 3.17. The topological polar surface area (TPSA) is 44.5 Å². The Morgan fingerprint density at radius 1 is 1.11 bits per heavy atom. The molecule has 1 fully saturated rings. The number of rotatable bonds is 4. The molecule has 0 spiro atoms. The van der Waals surface area contributed by atoms with E-state index in [1.54, 1.807) is 14.2 Å². The highest BCUT2D eigenvalue weighted by Gasteiger charge is 2.36. The summed E-state index contributed by atoms with van der Waals surface area (Å²) in [5.74, 6) is 1.68. The van der Waals surface area contributed by atoms with Crippen LogP contribution >= 0.6 is 0 Å². The molecule has 19 heavy (non-hydrogen) atoms. The van der Waals surface area contributed by atoms with Crippen molar-refractivity contribution >= 4 is 0 Å². The molecule has 0 bridgehead atoms. The van der Waals surface area contributed by atoms with Gasteiger partial charge >= 0.3 is 0 Å². The van der Waals surface area contributed by atoms with Crippen LogP contribution in [0.5, 0.6) is 11.5 Å². The molecule has 3 nitrogen and oxygen atoms in total. The summed E-state index contributed by atoms with van der Waals surface area (Å²) in [7, 11) is 3.40. The molecule has 0 aliphatic heterocycles. The van der Waals surface area contributed by atoms with E-state index in [0.717, 1.165) is 24.3 Å². The summed E-state index contributed by atoms with van der Waals surface area (Å²) in [4.78, 5) is 0. The lowest BCUT2D eigenvalue weighted by Crippen LogP contribution is -2.37. The third kappa shape index (κ3) is 2.57. The van der Waals surface area contributed by atoms with Crippen molar-refractivity contribution in [1.82, 2.24) is 0 Å². The lowest BCUT2D eigenvalue weighted by molar-refractivity contribution is 0.281. The smallest absolute Gasteiger partial charge is 0.164 e. The average Bonchev–Trinajstić information content (AvgIpc) is 2.46. The van der Waals surface area contributed by atoms with Gasteiger partial charge in [0.05, 0.1) is 14.2 Å². The molecule has 1 aromatic rings. The first-order chi connectivity index (χ1) is 9.16. The molecular weight excluding hydrogens is 238 g/mol. The second-order valence-corrected chi connectivity index (χ2v) is 5.59. The summed E-state index contributed by atoms with van der Waals surface area (Å²) in [6, 6.07) is 4.24. The van der Waals surface area contributed by atoms with E-state index in [-0.39, 0.29) is 5.41 Å². The van der Waals surface area contributed by atoms with Gasteiger partial charge in [0.25, 0.3) is 0 Å². The van der Waals surface area contributed by atoms with Gasteiger partial charge in [0.2, 0.25) is 0 Å². The van der Waals surface area contributed by atoms with Crippen molar-refractivity contribution in [1.29, 1.82) is 0 Å². The SMILES string of the molecule is COc1cc(C)cc(C2(CN)CCCCC2)c1OC. The van der Waals surface area contributed by atoms with Crippen LogP contribution in [0.15, 0.2) is 12.1 Å². The Hall–Kier alpha value is -1.22. The summed E-state index contributed by atoms with van der Waals surface area (Å²) in [5, 5.41) is 0. The monoisotopic (exact) mass is 263 g/mol. The number of nitrogens with two attached hydrogens (primary N) is 1. The summed E-state index contributed by atoms with van der Waals surface area (Å²) < 4.78 is 11.1. The zero-order chi connectivity index (χ0) is 13.9. The molecule has 3 heteroatoms. The maximum Gasteiger partial charge on any atom is 0.164 e.